The zero-order valence-corrected chi connectivity index (χ0v) is 15.0. The molecular weight excluding hydrogens is 364 g/mol. The van der Waals surface area contributed by atoms with E-state index in [2.05, 4.69) is 10.3 Å². The molecule has 1 aliphatic rings. The first kappa shape index (κ1) is 17.0. The molecule has 0 unspecified atom stereocenters. The minimum Gasteiger partial charge on any atom is -0.459 e. The summed E-state index contributed by atoms with van der Waals surface area (Å²) >= 11 is 1.35. The summed E-state index contributed by atoms with van der Waals surface area (Å²) in [6.45, 7) is 0.969. The molecule has 2 aromatic heterocycles. The van der Waals surface area contributed by atoms with Gasteiger partial charge in [0.2, 0.25) is 0 Å². The van der Waals surface area contributed by atoms with Crippen molar-refractivity contribution in [3.05, 3.63) is 70.1 Å². The lowest BCUT2D eigenvalue weighted by Gasteiger charge is -2.26. The number of carbonyl (C=O) groups excluding carboxylic acids is 2. The Morgan fingerprint density at radius 3 is 2.96 bits per heavy atom. The highest BCUT2D eigenvalue weighted by Gasteiger charge is 2.25. The highest BCUT2D eigenvalue weighted by atomic mass is 32.1. The van der Waals surface area contributed by atoms with Crippen LogP contribution in [0.2, 0.25) is 0 Å². The zero-order chi connectivity index (χ0) is 18.8. The van der Waals surface area contributed by atoms with E-state index in [0.29, 0.717) is 35.8 Å². The van der Waals surface area contributed by atoms with Crippen molar-refractivity contribution in [2.24, 2.45) is 0 Å². The number of rotatable bonds is 3. The van der Waals surface area contributed by atoms with Gasteiger partial charge < -0.3 is 9.32 Å². The van der Waals surface area contributed by atoms with Gasteiger partial charge in [0.25, 0.3) is 11.8 Å². The van der Waals surface area contributed by atoms with Gasteiger partial charge in [-0.05, 0) is 30.3 Å². The van der Waals surface area contributed by atoms with Gasteiger partial charge in [0.15, 0.2) is 10.9 Å². The topological polar surface area (TPSA) is 99.2 Å². The van der Waals surface area contributed by atoms with Gasteiger partial charge in [0.05, 0.1) is 30.1 Å². The third kappa shape index (κ3) is 3.45. The molecule has 7 nitrogen and oxygen atoms in total. The van der Waals surface area contributed by atoms with Crippen molar-refractivity contribution in [2.45, 2.75) is 13.0 Å². The number of nitriles is 1. The van der Waals surface area contributed by atoms with Crippen LogP contribution in [0.4, 0.5) is 5.13 Å². The summed E-state index contributed by atoms with van der Waals surface area (Å²) in [5.74, 6) is -0.253. The number of anilines is 1. The van der Waals surface area contributed by atoms with E-state index in [0.717, 1.165) is 10.6 Å². The van der Waals surface area contributed by atoms with E-state index in [1.807, 2.05) is 6.07 Å². The summed E-state index contributed by atoms with van der Waals surface area (Å²) in [4.78, 5) is 31.9. The van der Waals surface area contributed by atoms with E-state index in [9.17, 15) is 9.59 Å². The molecule has 0 fully saturated rings. The van der Waals surface area contributed by atoms with Gasteiger partial charge in [-0.3, -0.25) is 14.9 Å². The number of benzene rings is 1. The van der Waals surface area contributed by atoms with Gasteiger partial charge in [-0.2, -0.15) is 5.26 Å². The van der Waals surface area contributed by atoms with Crippen LogP contribution in [0.5, 0.6) is 0 Å². The molecule has 0 aliphatic carbocycles. The van der Waals surface area contributed by atoms with E-state index in [4.69, 9.17) is 9.68 Å². The largest absolute Gasteiger partial charge is 0.459 e. The summed E-state index contributed by atoms with van der Waals surface area (Å²) in [6.07, 6.45) is 2.05. The third-order valence-corrected chi connectivity index (χ3v) is 5.22. The minimum absolute atomic E-state index is 0.118. The average Bonchev–Trinajstić information content (AvgIpc) is 3.36. The van der Waals surface area contributed by atoms with E-state index < -0.39 is 0 Å². The summed E-state index contributed by atoms with van der Waals surface area (Å²) in [7, 11) is 0. The lowest BCUT2D eigenvalue weighted by Crippen LogP contribution is -2.35. The monoisotopic (exact) mass is 378 g/mol. The molecule has 1 aromatic carbocycles. The van der Waals surface area contributed by atoms with Crippen molar-refractivity contribution in [1.29, 1.82) is 5.26 Å². The number of nitrogens with zero attached hydrogens (tertiary/aromatic N) is 3. The van der Waals surface area contributed by atoms with Crippen molar-refractivity contribution in [1.82, 2.24) is 9.88 Å². The molecule has 2 amide bonds. The summed E-state index contributed by atoms with van der Waals surface area (Å²) in [5, 5.41) is 12.2. The predicted octanol–water partition coefficient (Wildman–Crippen LogP) is 3.06. The number of thiazole rings is 1. The molecular formula is C19H14N4O3S. The van der Waals surface area contributed by atoms with Crippen LogP contribution >= 0.6 is 11.3 Å². The fourth-order valence-electron chi connectivity index (χ4n) is 2.89. The molecule has 27 heavy (non-hydrogen) atoms. The first-order valence-electron chi connectivity index (χ1n) is 8.27. The first-order valence-corrected chi connectivity index (χ1v) is 9.08. The Morgan fingerprint density at radius 1 is 1.30 bits per heavy atom. The summed E-state index contributed by atoms with van der Waals surface area (Å²) < 4.78 is 5.07. The van der Waals surface area contributed by atoms with E-state index in [-0.39, 0.29) is 17.6 Å². The molecule has 3 aromatic rings. The summed E-state index contributed by atoms with van der Waals surface area (Å²) in [6, 6.07) is 12.0. The standard InChI is InChI=1S/C19H14N4O3S/c20-10-12-3-1-4-13(9-12)18(25)23-7-6-14-16(11-23)27-19(21-14)22-17(24)15-5-2-8-26-15/h1-5,8-9H,6-7,11H2,(H,21,22,24). The molecule has 0 spiro atoms. The van der Waals surface area contributed by atoms with Gasteiger partial charge >= 0.3 is 0 Å². The quantitative estimate of drug-likeness (QED) is 0.755. The maximum absolute atomic E-state index is 12.7. The SMILES string of the molecule is N#Cc1cccc(C(=O)N2CCc3nc(NC(=O)c4ccco4)sc3C2)c1. The molecule has 0 bridgehead atoms. The van der Waals surface area contributed by atoms with Crippen molar-refractivity contribution in [3.8, 4) is 6.07 Å². The zero-order valence-electron chi connectivity index (χ0n) is 14.1. The molecule has 8 heteroatoms. The van der Waals surface area contributed by atoms with Crippen molar-refractivity contribution < 1.29 is 14.0 Å². The maximum atomic E-state index is 12.7. The Labute approximate surface area is 158 Å². The number of nitrogens with one attached hydrogen (secondary N) is 1. The Bertz CT molecular complexity index is 1050. The molecule has 4 rings (SSSR count). The number of furan rings is 1. The molecule has 0 radical (unpaired) electrons. The van der Waals surface area contributed by atoms with Crippen LogP contribution in [0.15, 0.2) is 47.1 Å². The first-order chi connectivity index (χ1) is 13.1. The second-order valence-electron chi connectivity index (χ2n) is 5.99. The Kier molecular flexibility index (Phi) is 4.44. The van der Waals surface area contributed by atoms with Crippen LogP contribution < -0.4 is 5.32 Å². The van der Waals surface area contributed by atoms with Crippen LogP contribution in [0.3, 0.4) is 0 Å². The van der Waals surface area contributed by atoms with Gasteiger partial charge in [0, 0.05) is 23.4 Å². The number of fused-ring (bicyclic) bond motifs is 1. The van der Waals surface area contributed by atoms with Crippen molar-refractivity contribution in [3.63, 3.8) is 0 Å². The number of amides is 2. The number of hydrogen-bond acceptors (Lipinski definition) is 6. The van der Waals surface area contributed by atoms with Gasteiger partial charge in [-0.1, -0.05) is 17.4 Å². The van der Waals surface area contributed by atoms with Crippen LogP contribution in [0.25, 0.3) is 0 Å². The Morgan fingerprint density at radius 2 is 2.19 bits per heavy atom. The van der Waals surface area contributed by atoms with E-state index >= 15 is 0 Å². The van der Waals surface area contributed by atoms with Crippen molar-refractivity contribution in [2.75, 3.05) is 11.9 Å². The Balaban J connectivity index is 1.48. The maximum Gasteiger partial charge on any atom is 0.293 e. The number of carbonyl (C=O) groups is 2. The lowest BCUT2D eigenvalue weighted by molar-refractivity contribution is 0.0736. The van der Waals surface area contributed by atoms with Crippen LogP contribution in [-0.4, -0.2) is 28.2 Å². The molecule has 134 valence electrons. The predicted molar refractivity (Wildman–Crippen MR) is 98.4 cm³/mol. The lowest BCUT2D eigenvalue weighted by atomic mass is 10.1. The molecule has 0 saturated carbocycles. The van der Waals surface area contributed by atoms with Crippen LogP contribution in [-0.2, 0) is 13.0 Å². The molecule has 3 heterocycles. The van der Waals surface area contributed by atoms with Gasteiger partial charge in [-0.25, -0.2) is 4.98 Å². The Hall–Kier alpha value is -3.44. The highest BCUT2D eigenvalue weighted by molar-refractivity contribution is 7.15. The second-order valence-corrected chi connectivity index (χ2v) is 7.07. The van der Waals surface area contributed by atoms with Gasteiger partial charge in [-0.15, -0.1) is 0 Å². The van der Waals surface area contributed by atoms with E-state index in [1.54, 1.807) is 41.3 Å². The second kappa shape index (κ2) is 7.05. The highest BCUT2D eigenvalue weighted by Crippen LogP contribution is 2.29. The van der Waals surface area contributed by atoms with Crippen molar-refractivity contribution >= 4 is 28.3 Å². The summed E-state index contributed by atoms with van der Waals surface area (Å²) in [5.41, 5.74) is 1.84. The normalized spacial score (nSPS) is 12.9. The van der Waals surface area contributed by atoms with Gasteiger partial charge in [0.1, 0.15) is 0 Å². The molecule has 1 aliphatic heterocycles. The fraction of sp³-hybridized carbons (Fsp3) is 0.158. The smallest absolute Gasteiger partial charge is 0.293 e. The fourth-order valence-corrected chi connectivity index (χ4v) is 3.91. The number of aromatic nitrogens is 1. The van der Waals surface area contributed by atoms with Crippen LogP contribution in [0, 0.1) is 11.3 Å². The molecule has 0 saturated heterocycles. The average molecular weight is 378 g/mol. The van der Waals surface area contributed by atoms with Crippen LogP contribution in [0.1, 0.15) is 37.0 Å². The number of hydrogen-bond donors (Lipinski definition) is 1. The minimum atomic E-state index is -0.354. The van der Waals surface area contributed by atoms with E-state index in [1.165, 1.54) is 17.6 Å². The third-order valence-electron chi connectivity index (χ3n) is 4.22. The molecule has 1 N–H and O–H groups in total. The molecule has 0 atom stereocenters.